The molecular formula is C21H32FNO. The van der Waals surface area contributed by atoms with Crippen molar-refractivity contribution in [3.8, 4) is 0 Å². The van der Waals surface area contributed by atoms with Crippen LogP contribution in [0.3, 0.4) is 0 Å². The molecule has 1 saturated heterocycles. The molecule has 2 heterocycles. The molecule has 0 amide bonds. The molecular weight excluding hydrogens is 300 g/mol. The highest BCUT2D eigenvalue weighted by atomic mass is 18.2. The summed E-state index contributed by atoms with van der Waals surface area (Å²) in [6.45, 7) is 8.87. The zero-order valence-corrected chi connectivity index (χ0v) is 15.4. The monoisotopic (exact) mass is 332 g/mol. The van der Waals surface area contributed by atoms with Crippen LogP contribution in [-0.4, -0.2) is 37.4 Å². The Kier molecular flexibility index (Phi) is 5.93. The first-order valence-electron chi connectivity index (χ1n) is 9.65. The Morgan fingerprint density at radius 3 is 2.88 bits per heavy atom. The van der Waals surface area contributed by atoms with Gasteiger partial charge in [0.05, 0.1) is 12.7 Å². The maximum Gasteiger partial charge on any atom is 0.113 e. The van der Waals surface area contributed by atoms with E-state index in [2.05, 4.69) is 43.9 Å². The number of piperidine rings is 1. The number of hydrogen-bond donors (Lipinski definition) is 0. The normalized spacial score (nSPS) is 27.1. The molecule has 0 aromatic heterocycles. The molecule has 2 aliphatic heterocycles. The standard InChI is InChI=1S/C21H32FNO/c1-4-16-5-6-17-7-9-23-14-18(11-15(2)3)21(24-10-8-22)13-20(23)19(17)12-16/h5-6,12,15,18,20-21H,4,7-11,13-14H2,1-3H3/t18-,20-,21-/m1/s1/i22-1. The van der Waals surface area contributed by atoms with Crippen LogP contribution in [0.25, 0.3) is 0 Å². The SMILES string of the molecule is CCc1ccc2c(c1)[C@H]1C[C@@H](OCC[18F])[C@H](CC(C)C)CN1CC2. The van der Waals surface area contributed by atoms with Gasteiger partial charge in [-0.25, -0.2) is 4.39 Å². The molecule has 0 radical (unpaired) electrons. The maximum absolute atomic E-state index is 12.7. The van der Waals surface area contributed by atoms with Gasteiger partial charge >= 0.3 is 0 Å². The first-order valence-corrected chi connectivity index (χ1v) is 9.65. The highest BCUT2D eigenvalue weighted by Crippen LogP contribution is 2.41. The van der Waals surface area contributed by atoms with Crippen LogP contribution in [0.4, 0.5) is 4.39 Å². The minimum Gasteiger partial charge on any atom is -0.375 e. The van der Waals surface area contributed by atoms with Crippen LogP contribution in [0.5, 0.6) is 0 Å². The molecule has 3 rings (SSSR count). The molecule has 3 heteroatoms. The largest absolute Gasteiger partial charge is 0.375 e. The van der Waals surface area contributed by atoms with Gasteiger partial charge < -0.3 is 4.74 Å². The van der Waals surface area contributed by atoms with Gasteiger partial charge in [-0.05, 0) is 54.2 Å². The Balaban J connectivity index is 1.82. The summed E-state index contributed by atoms with van der Waals surface area (Å²) in [6.07, 6.45) is 4.61. The van der Waals surface area contributed by atoms with Crippen LogP contribution in [-0.2, 0) is 17.6 Å². The van der Waals surface area contributed by atoms with Gasteiger partial charge in [0.25, 0.3) is 0 Å². The van der Waals surface area contributed by atoms with Gasteiger partial charge in [0, 0.05) is 19.1 Å². The smallest absolute Gasteiger partial charge is 0.113 e. The van der Waals surface area contributed by atoms with E-state index in [1.165, 1.54) is 23.1 Å². The highest BCUT2D eigenvalue weighted by Gasteiger charge is 2.39. The molecule has 2 nitrogen and oxygen atoms in total. The first kappa shape index (κ1) is 17.9. The number of alkyl halides is 1. The van der Waals surface area contributed by atoms with Crippen molar-refractivity contribution in [3.63, 3.8) is 0 Å². The molecule has 134 valence electrons. The van der Waals surface area contributed by atoms with Gasteiger partial charge in [-0.2, -0.15) is 0 Å². The lowest BCUT2D eigenvalue weighted by atomic mass is 9.78. The summed E-state index contributed by atoms with van der Waals surface area (Å²) in [5.74, 6) is 1.19. The summed E-state index contributed by atoms with van der Waals surface area (Å²) < 4.78 is 18.6. The Morgan fingerprint density at radius 1 is 1.33 bits per heavy atom. The Morgan fingerprint density at radius 2 is 2.17 bits per heavy atom. The number of nitrogens with zero attached hydrogens (tertiary/aromatic N) is 1. The van der Waals surface area contributed by atoms with Crippen molar-refractivity contribution in [2.75, 3.05) is 26.4 Å². The molecule has 1 fully saturated rings. The van der Waals surface area contributed by atoms with Gasteiger partial charge in [0.2, 0.25) is 0 Å². The molecule has 1 aromatic carbocycles. The third-order valence-corrected chi connectivity index (χ3v) is 5.72. The number of fused-ring (bicyclic) bond motifs is 3. The van der Waals surface area contributed by atoms with E-state index in [0.29, 0.717) is 17.9 Å². The lowest BCUT2D eigenvalue weighted by Crippen LogP contribution is -2.49. The van der Waals surface area contributed by atoms with Gasteiger partial charge in [-0.3, -0.25) is 4.90 Å². The number of halogens is 1. The van der Waals surface area contributed by atoms with Gasteiger partial charge in [0.15, 0.2) is 0 Å². The number of rotatable bonds is 6. The van der Waals surface area contributed by atoms with Crippen molar-refractivity contribution in [1.82, 2.24) is 4.90 Å². The quantitative estimate of drug-likeness (QED) is 0.757. The van der Waals surface area contributed by atoms with E-state index in [1.807, 2.05) is 0 Å². The number of aryl methyl sites for hydroxylation is 1. The summed E-state index contributed by atoms with van der Waals surface area (Å²) >= 11 is 0. The predicted octanol–water partition coefficient (Wildman–Crippen LogP) is 4.57. The first-order chi connectivity index (χ1) is 11.6. The Hall–Kier alpha value is -0.930. The Labute approximate surface area is 146 Å². The number of benzene rings is 1. The van der Waals surface area contributed by atoms with E-state index in [0.717, 1.165) is 32.4 Å². The van der Waals surface area contributed by atoms with Crippen LogP contribution in [0.1, 0.15) is 56.3 Å². The van der Waals surface area contributed by atoms with Crippen molar-refractivity contribution in [2.24, 2.45) is 11.8 Å². The lowest BCUT2D eigenvalue weighted by molar-refractivity contribution is -0.0664. The van der Waals surface area contributed by atoms with E-state index in [4.69, 9.17) is 4.74 Å². The summed E-state index contributed by atoms with van der Waals surface area (Å²) in [4.78, 5) is 2.66. The molecule has 1 aromatic rings. The van der Waals surface area contributed by atoms with Crippen molar-refractivity contribution in [1.29, 1.82) is 0 Å². The zero-order chi connectivity index (χ0) is 17.1. The fraction of sp³-hybridized carbons (Fsp3) is 0.714. The summed E-state index contributed by atoms with van der Waals surface area (Å²) in [6, 6.07) is 7.45. The average Bonchev–Trinajstić information content (AvgIpc) is 2.58. The van der Waals surface area contributed by atoms with Crippen molar-refractivity contribution in [3.05, 3.63) is 34.9 Å². The van der Waals surface area contributed by atoms with Crippen LogP contribution in [0.2, 0.25) is 0 Å². The lowest BCUT2D eigenvalue weighted by Gasteiger charge is -2.47. The molecule has 0 aliphatic carbocycles. The molecule has 24 heavy (non-hydrogen) atoms. The van der Waals surface area contributed by atoms with E-state index < -0.39 is 0 Å². The second-order valence-corrected chi connectivity index (χ2v) is 7.87. The minimum absolute atomic E-state index is 0.195. The van der Waals surface area contributed by atoms with E-state index in [1.54, 1.807) is 0 Å². The van der Waals surface area contributed by atoms with Crippen LogP contribution < -0.4 is 0 Å². The average molecular weight is 332 g/mol. The summed E-state index contributed by atoms with van der Waals surface area (Å²) in [7, 11) is 0. The number of hydrogen-bond acceptors (Lipinski definition) is 2. The topological polar surface area (TPSA) is 12.5 Å². The van der Waals surface area contributed by atoms with Gasteiger partial charge in [0.1, 0.15) is 6.67 Å². The second-order valence-electron chi connectivity index (χ2n) is 7.87. The zero-order valence-electron chi connectivity index (χ0n) is 15.4. The van der Waals surface area contributed by atoms with E-state index >= 15 is 0 Å². The van der Waals surface area contributed by atoms with Crippen molar-refractivity contribution < 1.29 is 9.13 Å². The molecule has 2 aliphatic rings. The van der Waals surface area contributed by atoms with Crippen molar-refractivity contribution >= 4 is 0 Å². The third kappa shape index (κ3) is 3.83. The molecule has 0 unspecified atom stereocenters. The molecule has 3 atom stereocenters. The molecule has 0 N–H and O–H groups in total. The minimum atomic E-state index is -0.379. The van der Waals surface area contributed by atoms with E-state index in [9.17, 15) is 4.39 Å². The summed E-state index contributed by atoms with van der Waals surface area (Å²) in [5.41, 5.74) is 4.42. The van der Waals surface area contributed by atoms with Crippen LogP contribution in [0, 0.1) is 11.8 Å². The number of ether oxygens (including phenoxy) is 1. The third-order valence-electron chi connectivity index (χ3n) is 5.72. The summed E-state index contributed by atoms with van der Waals surface area (Å²) in [5, 5.41) is 0. The highest BCUT2D eigenvalue weighted by molar-refractivity contribution is 5.37. The molecule has 0 bridgehead atoms. The maximum atomic E-state index is 12.7. The molecule has 0 saturated carbocycles. The van der Waals surface area contributed by atoms with Gasteiger partial charge in [-0.15, -0.1) is 0 Å². The Bertz CT molecular complexity index is 545. The van der Waals surface area contributed by atoms with Crippen molar-refractivity contribution in [2.45, 2.75) is 58.6 Å². The predicted molar refractivity (Wildman–Crippen MR) is 97.1 cm³/mol. The van der Waals surface area contributed by atoms with Crippen LogP contribution >= 0.6 is 0 Å². The fourth-order valence-corrected chi connectivity index (χ4v) is 4.58. The molecule has 0 spiro atoms. The fourth-order valence-electron chi connectivity index (χ4n) is 4.58. The second kappa shape index (κ2) is 7.97. The van der Waals surface area contributed by atoms with Crippen LogP contribution in [0.15, 0.2) is 18.2 Å². The van der Waals surface area contributed by atoms with E-state index in [-0.39, 0.29) is 19.4 Å². The van der Waals surface area contributed by atoms with Gasteiger partial charge in [-0.1, -0.05) is 39.0 Å².